The number of amides is 1. The second-order valence-electron chi connectivity index (χ2n) is 6.80. The van der Waals surface area contributed by atoms with E-state index in [4.69, 9.17) is 0 Å². The number of nitrogens with one attached hydrogen (secondary N) is 2. The Labute approximate surface area is 172 Å². The fourth-order valence-electron chi connectivity index (χ4n) is 2.60. The third kappa shape index (κ3) is 5.77. The topological polar surface area (TPSA) is 54.0 Å². The number of carbonyl (C=O) groups excluding carboxylic acids is 1. The van der Waals surface area contributed by atoms with Crippen LogP contribution in [0.5, 0.6) is 0 Å². The number of benzene rings is 2. The summed E-state index contributed by atoms with van der Waals surface area (Å²) in [4.78, 5) is 16.6. The van der Waals surface area contributed by atoms with Gasteiger partial charge in [-0.3, -0.25) is 4.79 Å². The van der Waals surface area contributed by atoms with Gasteiger partial charge in [0, 0.05) is 29.3 Å². The largest absolute Gasteiger partial charge is 0.322 e. The van der Waals surface area contributed by atoms with Crippen molar-refractivity contribution in [1.82, 2.24) is 4.98 Å². The smallest absolute Gasteiger partial charge is 0.255 e. The van der Waals surface area contributed by atoms with Gasteiger partial charge in [0.1, 0.15) is 5.82 Å². The minimum absolute atomic E-state index is 0.180. The van der Waals surface area contributed by atoms with Crippen molar-refractivity contribution in [1.29, 1.82) is 0 Å². The number of hydrogen-bond acceptors (Lipinski definition) is 4. The molecule has 1 amide bonds. The molecule has 3 aromatic rings. The van der Waals surface area contributed by atoms with Crippen LogP contribution in [0.3, 0.4) is 0 Å². The van der Waals surface area contributed by atoms with Crippen molar-refractivity contribution in [2.45, 2.75) is 25.5 Å². The van der Waals surface area contributed by atoms with Crippen molar-refractivity contribution in [2.24, 2.45) is 0 Å². The lowest BCUT2D eigenvalue weighted by Gasteiger charge is -2.09. The van der Waals surface area contributed by atoms with Gasteiger partial charge in [-0.15, -0.1) is 0 Å². The summed E-state index contributed by atoms with van der Waals surface area (Å²) in [5.41, 5.74) is 3.01. The van der Waals surface area contributed by atoms with Crippen LogP contribution in [0.1, 0.15) is 41.3 Å². The van der Waals surface area contributed by atoms with Gasteiger partial charge in [0.05, 0.1) is 0 Å². The molecule has 7 heteroatoms. The van der Waals surface area contributed by atoms with Gasteiger partial charge in [0.2, 0.25) is 0 Å². The lowest BCUT2D eigenvalue weighted by atomic mass is 10.0. The summed E-state index contributed by atoms with van der Waals surface area (Å²) in [5.74, 6) is -0.639. The average Bonchev–Trinajstić information content (AvgIpc) is 2.71. The van der Waals surface area contributed by atoms with E-state index < -0.39 is 17.5 Å². The molecule has 0 bridgehead atoms. The third-order valence-electron chi connectivity index (χ3n) is 4.26. The number of nitrogens with zero attached hydrogens (tertiary/aromatic N) is 1. The molecular formula is C22H21F2N3OS. The molecule has 0 aliphatic rings. The average molecular weight is 413 g/mol. The van der Waals surface area contributed by atoms with E-state index in [-0.39, 0.29) is 5.69 Å². The molecule has 150 valence electrons. The Hall–Kier alpha value is -2.93. The van der Waals surface area contributed by atoms with Gasteiger partial charge < -0.3 is 10.0 Å². The Morgan fingerprint density at radius 3 is 2.48 bits per heavy atom. The number of carbonyl (C=O) groups is 1. The van der Waals surface area contributed by atoms with E-state index in [1.54, 1.807) is 12.1 Å². The maximum atomic E-state index is 13.3. The summed E-state index contributed by atoms with van der Waals surface area (Å²) in [6.07, 6.45) is 1.51. The molecule has 0 atom stereocenters. The molecule has 0 aliphatic carbocycles. The Kier molecular flexibility index (Phi) is 6.82. The summed E-state index contributed by atoms with van der Waals surface area (Å²) in [6, 6.07) is 14.8. The lowest BCUT2D eigenvalue weighted by molar-refractivity contribution is 0.102. The zero-order valence-electron chi connectivity index (χ0n) is 16.1. The minimum Gasteiger partial charge on any atom is -0.322 e. The van der Waals surface area contributed by atoms with E-state index in [1.165, 1.54) is 35.3 Å². The SMILES string of the molecule is CC(C)c1ccc(CSNc2cc(C(=O)Nc3ccc(F)c(F)c3)ccn2)cc1. The summed E-state index contributed by atoms with van der Waals surface area (Å²) in [5, 5.41) is 2.54. The van der Waals surface area contributed by atoms with Crippen LogP contribution in [-0.2, 0) is 5.75 Å². The first kappa shape index (κ1) is 20.8. The molecule has 0 spiro atoms. The maximum absolute atomic E-state index is 13.3. The molecule has 1 aromatic heterocycles. The van der Waals surface area contributed by atoms with Gasteiger partial charge in [-0.25, -0.2) is 13.8 Å². The summed E-state index contributed by atoms with van der Waals surface area (Å²) < 4.78 is 29.4. The highest BCUT2D eigenvalue weighted by molar-refractivity contribution is 7.99. The molecule has 0 radical (unpaired) electrons. The number of pyridine rings is 1. The molecule has 0 aliphatic heterocycles. The van der Waals surface area contributed by atoms with Crippen LogP contribution in [0, 0.1) is 11.6 Å². The van der Waals surface area contributed by atoms with Crippen LogP contribution in [0.25, 0.3) is 0 Å². The number of anilines is 2. The van der Waals surface area contributed by atoms with Crippen molar-refractivity contribution >= 4 is 29.4 Å². The molecule has 0 saturated carbocycles. The second kappa shape index (κ2) is 9.52. The van der Waals surface area contributed by atoms with Crippen molar-refractivity contribution in [3.05, 3.63) is 89.1 Å². The minimum atomic E-state index is -1.02. The van der Waals surface area contributed by atoms with E-state index >= 15 is 0 Å². The Morgan fingerprint density at radius 1 is 1.03 bits per heavy atom. The van der Waals surface area contributed by atoms with Crippen molar-refractivity contribution in [3.63, 3.8) is 0 Å². The molecule has 0 saturated heterocycles. The third-order valence-corrected chi connectivity index (χ3v) is 5.09. The van der Waals surface area contributed by atoms with Gasteiger partial charge in [-0.05, 0) is 53.3 Å². The van der Waals surface area contributed by atoms with Gasteiger partial charge in [-0.1, -0.05) is 38.1 Å². The first-order valence-corrected chi connectivity index (χ1v) is 10.1. The normalized spacial score (nSPS) is 10.8. The quantitative estimate of drug-likeness (QED) is 0.467. The highest BCUT2D eigenvalue weighted by Gasteiger charge is 2.10. The van der Waals surface area contributed by atoms with Crippen LogP contribution in [0.2, 0.25) is 0 Å². The molecule has 2 aromatic carbocycles. The van der Waals surface area contributed by atoms with Gasteiger partial charge in [0.15, 0.2) is 11.6 Å². The van der Waals surface area contributed by atoms with Crippen LogP contribution >= 0.6 is 11.9 Å². The monoisotopic (exact) mass is 413 g/mol. The van der Waals surface area contributed by atoms with Gasteiger partial charge in [0.25, 0.3) is 5.91 Å². The van der Waals surface area contributed by atoms with E-state index in [1.807, 2.05) is 0 Å². The predicted molar refractivity (Wildman–Crippen MR) is 114 cm³/mol. The van der Waals surface area contributed by atoms with Crippen LogP contribution in [0.4, 0.5) is 20.3 Å². The highest BCUT2D eigenvalue weighted by Crippen LogP contribution is 2.20. The molecule has 2 N–H and O–H groups in total. The van der Waals surface area contributed by atoms with Crippen molar-refractivity contribution in [2.75, 3.05) is 10.0 Å². The Morgan fingerprint density at radius 2 is 1.79 bits per heavy atom. The molecule has 29 heavy (non-hydrogen) atoms. The second-order valence-corrected chi connectivity index (χ2v) is 7.58. The number of hydrogen-bond donors (Lipinski definition) is 2. The van der Waals surface area contributed by atoms with E-state index in [9.17, 15) is 13.6 Å². The van der Waals surface area contributed by atoms with Crippen molar-refractivity contribution < 1.29 is 13.6 Å². The number of rotatable bonds is 7. The first-order valence-electron chi connectivity index (χ1n) is 9.11. The molecule has 0 fully saturated rings. The standard InChI is InChI=1S/C22H21F2N3OS/c1-14(2)16-5-3-15(4-6-16)13-29-27-21-11-17(9-10-25-21)22(28)26-18-7-8-19(23)20(24)12-18/h3-12,14H,13H2,1-2H3,(H,25,27)(H,26,28). The Bertz CT molecular complexity index is 994. The van der Waals surface area contributed by atoms with Gasteiger partial charge in [-0.2, -0.15) is 0 Å². The maximum Gasteiger partial charge on any atom is 0.255 e. The number of aromatic nitrogens is 1. The molecular weight excluding hydrogens is 392 g/mol. The molecule has 4 nitrogen and oxygen atoms in total. The first-order chi connectivity index (χ1) is 13.9. The lowest BCUT2D eigenvalue weighted by Crippen LogP contribution is -2.12. The Balaban J connectivity index is 1.57. The van der Waals surface area contributed by atoms with E-state index in [0.29, 0.717) is 17.3 Å². The van der Waals surface area contributed by atoms with Crippen molar-refractivity contribution in [3.8, 4) is 0 Å². The number of halogens is 2. The summed E-state index contributed by atoms with van der Waals surface area (Å²) >= 11 is 1.47. The van der Waals surface area contributed by atoms with Gasteiger partial charge >= 0.3 is 0 Å². The predicted octanol–water partition coefficient (Wildman–Crippen LogP) is 6.00. The highest BCUT2D eigenvalue weighted by atomic mass is 32.2. The summed E-state index contributed by atoms with van der Waals surface area (Å²) in [6.45, 7) is 4.32. The molecule has 3 rings (SSSR count). The zero-order chi connectivity index (χ0) is 20.8. The van der Waals surface area contributed by atoms with Crippen LogP contribution < -0.4 is 10.0 Å². The van der Waals surface area contributed by atoms with E-state index in [2.05, 4.69) is 53.1 Å². The fourth-order valence-corrected chi connectivity index (χ4v) is 3.29. The summed E-state index contributed by atoms with van der Waals surface area (Å²) in [7, 11) is 0. The van der Waals surface area contributed by atoms with Crippen LogP contribution in [-0.4, -0.2) is 10.9 Å². The van der Waals surface area contributed by atoms with Crippen LogP contribution in [0.15, 0.2) is 60.8 Å². The molecule has 0 unspecified atom stereocenters. The zero-order valence-corrected chi connectivity index (χ0v) is 16.9. The molecule has 1 heterocycles. The fraction of sp³-hybridized carbons (Fsp3) is 0.182. The van der Waals surface area contributed by atoms with E-state index in [0.717, 1.165) is 17.9 Å².